The van der Waals surface area contributed by atoms with Gasteiger partial charge in [0.1, 0.15) is 5.82 Å². The molecule has 2 rings (SSSR count). The average Bonchev–Trinajstić information content (AvgIpc) is 2.85. The summed E-state index contributed by atoms with van der Waals surface area (Å²) in [4.78, 5) is 0. The van der Waals surface area contributed by atoms with Gasteiger partial charge < -0.3 is 5.32 Å². The molecule has 17 heavy (non-hydrogen) atoms. The molecule has 90 valence electrons. The predicted octanol–water partition coefficient (Wildman–Crippen LogP) is 2.64. The molecular formula is C13H16FN3. The molecule has 3 nitrogen and oxygen atoms in total. The van der Waals surface area contributed by atoms with Crippen molar-refractivity contribution in [3.05, 3.63) is 53.6 Å². The van der Waals surface area contributed by atoms with Crippen LogP contribution in [0.3, 0.4) is 0 Å². The van der Waals surface area contributed by atoms with E-state index in [2.05, 4.69) is 22.4 Å². The highest BCUT2D eigenvalue weighted by Gasteiger charge is 2.13. The molecule has 2 N–H and O–H groups in total. The summed E-state index contributed by atoms with van der Waals surface area (Å²) >= 11 is 0. The monoisotopic (exact) mass is 233 g/mol. The van der Waals surface area contributed by atoms with E-state index in [4.69, 9.17) is 0 Å². The zero-order chi connectivity index (χ0) is 12.1. The molecule has 0 amide bonds. The van der Waals surface area contributed by atoms with Gasteiger partial charge in [-0.1, -0.05) is 19.1 Å². The normalized spacial score (nSPS) is 12.6. The molecule has 0 bridgehead atoms. The smallest absolute Gasteiger partial charge is 0.123 e. The van der Waals surface area contributed by atoms with Gasteiger partial charge in [-0.2, -0.15) is 5.10 Å². The number of H-pyrrole nitrogens is 1. The van der Waals surface area contributed by atoms with Gasteiger partial charge in [-0.05, 0) is 30.7 Å². The molecule has 0 fully saturated rings. The zero-order valence-corrected chi connectivity index (χ0v) is 9.78. The molecule has 1 atom stereocenters. The van der Waals surface area contributed by atoms with Gasteiger partial charge in [0, 0.05) is 11.8 Å². The lowest BCUT2D eigenvalue weighted by atomic mass is 10.0. The Morgan fingerprint density at radius 3 is 2.65 bits per heavy atom. The molecule has 1 aromatic carbocycles. The number of aromatic amines is 1. The van der Waals surface area contributed by atoms with Crippen LogP contribution in [-0.2, 0) is 0 Å². The summed E-state index contributed by atoms with van der Waals surface area (Å²) in [5, 5.41) is 10.2. The van der Waals surface area contributed by atoms with E-state index < -0.39 is 0 Å². The lowest BCUT2D eigenvalue weighted by molar-refractivity contribution is 0.593. The second-order valence-electron chi connectivity index (χ2n) is 3.97. The molecule has 0 aliphatic carbocycles. The van der Waals surface area contributed by atoms with Crippen LogP contribution < -0.4 is 5.32 Å². The number of hydrogen-bond acceptors (Lipinski definition) is 2. The van der Waals surface area contributed by atoms with E-state index in [0.717, 1.165) is 24.1 Å². The molecule has 0 spiro atoms. The largest absolute Gasteiger partial charge is 0.306 e. The molecule has 4 heteroatoms. The minimum absolute atomic E-state index is 0.0642. The van der Waals surface area contributed by atoms with Gasteiger partial charge in [-0.25, -0.2) is 4.39 Å². The van der Waals surface area contributed by atoms with Crippen LogP contribution in [0.4, 0.5) is 4.39 Å². The fourth-order valence-corrected chi connectivity index (χ4v) is 1.79. The number of hydrogen-bond donors (Lipinski definition) is 2. The molecule has 0 aliphatic heterocycles. The predicted molar refractivity (Wildman–Crippen MR) is 65.1 cm³/mol. The van der Waals surface area contributed by atoms with Crippen molar-refractivity contribution in [2.75, 3.05) is 6.54 Å². The van der Waals surface area contributed by atoms with Gasteiger partial charge in [0.2, 0.25) is 0 Å². The maximum Gasteiger partial charge on any atom is 0.123 e. The number of rotatable bonds is 5. The molecule has 0 aliphatic rings. The molecule has 0 saturated carbocycles. The summed E-state index contributed by atoms with van der Waals surface area (Å²) < 4.78 is 12.9. The van der Waals surface area contributed by atoms with Gasteiger partial charge in [-0.3, -0.25) is 5.10 Å². The quantitative estimate of drug-likeness (QED) is 0.833. The number of aromatic nitrogens is 2. The maximum atomic E-state index is 12.9. The third kappa shape index (κ3) is 2.91. The first-order chi connectivity index (χ1) is 8.31. The van der Waals surface area contributed by atoms with Crippen LogP contribution in [0, 0.1) is 5.82 Å². The summed E-state index contributed by atoms with van der Waals surface area (Å²) in [5.74, 6) is -0.213. The summed E-state index contributed by atoms with van der Waals surface area (Å²) in [6.45, 7) is 3.03. The van der Waals surface area contributed by atoms with Gasteiger partial charge in [0.25, 0.3) is 0 Å². The minimum Gasteiger partial charge on any atom is -0.306 e. The van der Waals surface area contributed by atoms with Crippen molar-refractivity contribution >= 4 is 0 Å². The zero-order valence-electron chi connectivity index (χ0n) is 9.78. The van der Waals surface area contributed by atoms with E-state index in [1.807, 2.05) is 6.20 Å². The fourth-order valence-electron chi connectivity index (χ4n) is 1.79. The number of nitrogens with zero attached hydrogens (tertiary/aromatic N) is 1. The second-order valence-corrected chi connectivity index (χ2v) is 3.97. The Bertz CT molecular complexity index is 436. The topological polar surface area (TPSA) is 40.7 Å². The highest BCUT2D eigenvalue weighted by atomic mass is 19.1. The van der Waals surface area contributed by atoms with E-state index in [9.17, 15) is 4.39 Å². The minimum atomic E-state index is -0.213. The van der Waals surface area contributed by atoms with Crippen LogP contribution in [-0.4, -0.2) is 16.7 Å². The van der Waals surface area contributed by atoms with Gasteiger partial charge in [-0.15, -0.1) is 0 Å². The van der Waals surface area contributed by atoms with E-state index in [0.29, 0.717) is 0 Å². The first-order valence-electron chi connectivity index (χ1n) is 5.78. The summed E-state index contributed by atoms with van der Waals surface area (Å²) in [7, 11) is 0. The van der Waals surface area contributed by atoms with Crippen LogP contribution in [0.1, 0.15) is 30.5 Å². The maximum absolute atomic E-state index is 12.9. The Morgan fingerprint density at radius 1 is 1.29 bits per heavy atom. The highest BCUT2D eigenvalue weighted by molar-refractivity contribution is 5.29. The molecule has 0 saturated heterocycles. The Labute approximate surface area is 100 Å². The molecule has 1 aromatic heterocycles. The Morgan fingerprint density at radius 2 is 2.06 bits per heavy atom. The second kappa shape index (κ2) is 5.59. The van der Waals surface area contributed by atoms with Crippen LogP contribution in [0.5, 0.6) is 0 Å². The number of nitrogens with one attached hydrogen (secondary N) is 2. The van der Waals surface area contributed by atoms with Gasteiger partial charge in [0.05, 0.1) is 12.2 Å². The van der Waals surface area contributed by atoms with Crippen LogP contribution in [0.15, 0.2) is 36.7 Å². The van der Waals surface area contributed by atoms with Gasteiger partial charge >= 0.3 is 0 Å². The van der Waals surface area contributed by atoms with E-state index in [1.54, 1.807) is 18.3 Å². The van der Waals surface area contributed by atoms with Gasteiger partial charge in [0.15, 0.2) is 0 Å². The Hall–Kier alpha value is -1.68. The molecule has 0 radical (unpaired) electrons. The molecule has 1 heterocycles. The third-order valence-corrected chi connectivity index (χ3v) is 2.65. The van der Waals surface area contributed by atoms with Crippen molar-refractivity contribution in [3.63, 3.8) is 0 Å². The average molecular weight is 233 g/mol. The Kier molecular flexibility index (Phi) is 3.88. The van der Waals surface area contributed by atoms with E-state index >= 15 is 0 Å². The van der Waals surface area contributed by atoms with Crippen LogP contribution in [0.2, 0.25) is 0 Å². The van der Waals surface area contributed by atoms with Crippen molar-refractivity contribution in [1.82, 2.24) is 15.5 Å². The SMILES string of the molecule is CCCNC(c1ccc(F)cc1)c1cn[nH]c1. The standard InChI is InChI=1S/C13H16FN3/c1-2-7-15-13(11-8-16-17-9-11)10-3-5-12(14)6-4-10/h3-6,8-9,13,15H,2,7H2,1H3,(H,16,17). The van der Waals surface area contributed by atoms with Crippen molar-refractivity contribution < 1.29 is 4.39 Å². The van der Waals surface area contributed by atoms with Crippen LogP contribution in [0.25, 0.3) is 0 Å². The molecule has 1 unspecified atom stereocenters. The van der Waals surface area contributed by atoms with E-state index in [1.165, 1.54) is 12.1 Å². The third-order valence-electron chi connectivity index (χ3n) is 2.65. The number of halogens is 1. The molecule has 2 aromatic rings. The van der Waals surface area contributed by atoms with Crippen LogP contribution >= 0.6 is 0 Å². The lowest BCUT2D eigenvalue weighted by Gasteiger charge is -2.17. The first-order valence-corrected chi connectivity index (χ1v) is 5.78. The van der Waals surface area contributed by atoms with Crippen molar-refractivity contribution in [2.45, 2.75) is 19.4 Å². The summed E-state index contributed by atoms with van der Waals surface area (Å²) in [6.07, 6.45) is 4.70. The van der Waals surface area contributed by atoms with Crippen molar-refractivity contribution in [3.8, 4) is 0 Å². The summed E-state index contributed by atoms with van der Waals surface area (Å²) in [5.41, 5.74) is 2.10. The highest BCUT2D eigenvalue weighted by Crippen LogP contribution is 2.21. The van der Waals surface area contributed by atoms with Crippen molar-refractivity contribution in [1.29, 1.82) is 0 Å². The molecular weight excluding hydrogens is 217 g/mol. The fraction of sp³-hybridized carbons (Fsp3) is 0.308. The summed E-state index contributed by atoms with van der Waals surface area (Å²) in [6, 6.07) is 6.63. The van der Waals surface area contributed by atoms with E-state index in [-0.39, 0.29) is 11.9 Å². The lowest BCUT2D eigenvalue weighted by Crippen LogP contribution is -2.22. The Balaban J connectivity index is 2.23. The number of benzene rings is 1. The first kappa shape index (κ1) is 11.8. The van der Waals surface area contributed by atoms with Crippen molar-refractivity contribution in [2.24, 2.45) is 0 Å².